The van der Waals surface area contributed by atoms with Gasteiger partial charge in [-0.15, -0.1) is 0 Å². The van der Waals surface area contributed by atoms with Crippen molar-refractivity contribution in [1.29, 1.82) is 0 Å². The van der Waals surface area contributed by atoms with Gasteiger partial charge in [-0.2, -0.15) is 0 Å². The molecule has 0 saturated carbocycles. The molecule has 2 N–H and O–H groups in total. The number of ether oxygens (including phenoxy) is 2. The zero-order valence-corrected chi connectivity index (χ0v) is 17.2. The molecule has 1 aliphatic heterocycles. The number of hydrogen-bond acceptors (Lipinski definition) is 5. The Balaban J connectivity index is 1.91. The van der Waals surface area contributed by atoms with Crippen LogP contribution in [-0.4, -0.2) is 61.7 Å². The Morgan fingerprint density at radius 1 is 1.36 bits per heavy atom. The van der Waals surface area contributed by atoms with Crippen LogP contribution in [0.4, 0.5) is 0 Å². The van der Waals surface area contributed by atoms with Gasteiger partial charge < -0.3 is 20.1 Å². The molecule has 2 rings (SSSR count). The summed E-state index contributed by atoms with van der Waals surface area (Å²) in [7, 11) is 0. The molecular weight excluding hydrogens is 358 g/mol. The van der Waals surface area contributed by atoms with E-state index in [0.717, 1.165) is 17.7 Å². The summed E-state index contributed by atoms with van der Waals surface area (Å²) in [6.45, 7) is 9.52. The van der Waals surface area contributed by atoms with Crippen LogP contribution in [0.2, 0.25) is 0 Å². The molecule has 1 aromatic carbocycles. The summed E-state index contributed by atoms with van der Waals surface area (Å²) in [5.41, 5.74) is 1.02. The number of piperazine rings is 1. The van der Waals surface area contributed by atoms with Crippen molar-refractivity contribution < 1.29 is 19.1 Å². The summed E-state index contributed by atoms with van der Waals surface area (Å²) in [4.78, 5) is 26.8. The van der Waals surface area contributed by atoms with E-state index >= 15 is 0 Å². The van der Waals surface area contributed by atoms with Gasteiger partial charge in [0.15, 0.2) is 0 Å². The SMILES string of the molecule is CCOc1ccccc1CN1CCNC(=O)C1CC(=O)NCCCOC(C)C. The molecule has 7 heteroatoms. The molecule has 1 heterocycles. The molecule has 7 nitrogen and oxygen atoms in total. The zero-order valence-electron chi connectivity index (χ0n) is 17.2. The number of hydrogen-bond donors (Lipinski definition) is 2. The highest BCUT2D eigenvalue weighted by Crippen LogP contribution is 2.22. The van der Waals surface area contributed by atoms with Gasteiger partial charge in [0, 0.05) is 38.3 Å². The fourth-order valence-corrected chi connectivity index (χ4v) is 3.19. The highest BCUT2D eigenvalue weighted by molar-refractivity contribution is 5.88. The van der Waals surface area contributed by atoms with Crippen LogP contribution in [0.15, 0.2) is 24.3 Å². The molecule has 0 aromatic heterocycles. The third kappa shape index (κ3) is 7.13. The van der Waals surface area contributed by atoms with Gasteiger partial charge in [-0.3, -0.25) is 14.5 Å². The largest absolute Gasteiger partial charge is 0.494 e. The van der Waals surface area contributed by atoms with E-state index in [1.54, 1.807) is 0 Å². The quantitative estimate of drug-likeness (QED) is 0.562. The van der Waals surface area contributed by atoms with Crippen LogP contribution in [0.25, 0.3) is 0 Å². The monoisotopic (exact) mass is 391 g/mol. The fourth-order valence-electron chi connectivity index (χ4n) is 3.19. The summed E-state index contributed by atoms with van der Waals surface area (Å²) in [6, 6.07) is 7.36. The molecule has 1 saturated heterocycles. The highest BCUT2D eigenvalue weighted by atomic mass is 16.5. The van der Waals surface area contributed by atoms with E-state index in [-0.39, 0.29) is 24.3 Å². The Morgan fingerprint density at radius 2 is 2.14 bits per heavy atom. The van der Waals surface area contributed by atoms with Crippen LogP contribution in [-0.2, 0) is 20.9 Å². The Hall–Kier alpha value is -2.12. The maximum Gasteiger partial charge on any atom is 0.237 e. The second-order valence-corrected chi connectivity index (χ2v) is 7.15. The standard InChI is InChI=1S/C21H33N3O4/c1-4-27-19-9-6-5-8-17(19)15-24-12-11-23-21(26)18(24)14-20(25)22-10-7-13-28-16(2)3/h5-6,8-9,16,18H,4,7,10-15H2,1-3H3,(H,22,25)(H,23,26). The van der Waals surface area contributed by atoms with Gasteiger partial charge in [0.1, 0.15) is 5.75 Å². The van der Waals surface area contributed by atoms with Crippen molar-refractivity contribution in [2.45, 2.75) is 52.3 Å². The van der Waals surface area contributed by atoms with Crippen molar-refractivity contribution in [1.82, 2.24) is 15.5 Å². The van der Waals surface area contributed by atoms with Crippen LogP contribution in [0.3, 0.4) is 0 Å². The fraction of sp³-hybridized carbons (Fsp3) is 0.619. The molecule has 0 radical (unpaired) electrons. The molecule has 156 valence electrons. The molecular formula is C21H33N3O4. The molecule has 0 bridgehead atoms. The first-order valence-corrected chi connectivity index (χ1v) is 10.1. The Bertz CT molecular complexity index is 636. The first kappa shape index (κ1) is 22.2. The predicted molar refractivity (Wildman–Crippen MR) is 108 cm³/mol. The Morgan fingerprint density at radius 3 is 2.89 bits per heavy atom. The van der Waals surface area contributed by atoms with Crippen molar-refractivity contribution in [3.63, 3.8) is 0 Å². The van der Waals surface area contributed by atoms with Crippen LogP contribution >= 0.6 is 0 Å². The summed E-state index contributed by atoms with van der Waals surface area (Å²) in [6.07, 6.45) is 1.09. The Kier molecular flexibility index (Phi) is 9.23. The van der Waals surface area contributed by atoms with E-state index in [0.29, 0.717) is 39.4 Å². The van der Waals surface area contributed by atoms with E-state index in [1.165, 1.54) is 0 Å². The van der Waals surface area contributed by atoms with Gasteiger partial charge in [0.25, 0.3) is 0 Å². The van der Waals surface area contributed by atoms with Crippen LogP contribution in [0.5, 0.6) is 5.75 Å². The minimum Gasteiger partial charge on any atom is -0.494 e. The smallest absolute Gasteiger partial charge is 0.237 e. The lowest BCUT2D eigenvalue weighted by molar-refractivity contribution is -0.134. The van der Waals surface area contributed by atoms with E-state index < -0.39 is 6.04 Å². The van der Waals surface area contributed by atoms with Gasteiger partial charge in [-0.05, 0) is 33.3 Å². The van der Waals surface area contributed by atoms with Crippen molar-refractivity contribution in [3.8, 4) is 5.75 Å². The second kappa shape index (κ2) is 11.7. The molecule has 1 fully saturated rings. The van der Waals surface area contributed by atoms with Gasteiger partial charge in [-0.1, -0.05) is 18.2 Å². The molecule has 1 aromatic rings. The van der Waals surface area contributed by atoms with Crippen LogP contribution in [0.1, 0.15) is 39.2 Å². The van der Waals surface area contributed by atoms with Crippen LogP contribution in [0, 0.1) is 0 Å². The number of amides is 2. The number of carbonyl (C=O) groups excluding carboxylic acids is 2. The van der Waals surface area contributed by atoms with Crippen molar-refractivity contribution in [2.75, 3.05) is 32.8 Å². The molecule has 1 unspecified atom stereocenters. The number of benzene rings is 1. The molecule has 28 heavy (non-hydrogen) atoms. The third-order valence-electron chi connectivity index (χ3n) is 4.56. The predicted octanol–water partition coefficient (Wildman–Crippen LogP) is 1.71. The minimum atomic E-state index is -0.477. The first-order chi connectivity index (χ1) is 13.5. The number of rotatable bonds is 11. The number of para-hydroxylation sites is 1. The number of nitrogens with zero attached hydrogens (tertiary/aromatic N) is 1. The van der Waals surface area contributed by atoms with Gasteiger partial charge in [-0.25, -0.2) is 0 Å². The van der Waals surface area contributed by atoms with Crippen molar-refractivity contribution in [3.05, 3.63) is 29.8 Å². The number of carbonyl (C=O) groups is 2. The topological polar surface area (TPSA) is 79.9 Å². The summed E-state index contributed by atoms with van der Waals surface area (Å²) < 4.78 is 11.2. The average molecular weight is 392 g/mol. The summed E-state index contributed by atoms with van der Waals surface area (Å²) in [5, 5.41) is 5.76. The van der Waals surface area contributed by atoms with Gasteiger partial charge in [0.2, 0.25) is 11.8 Å². The molecule has 1 aliphatic rings. The zero-order chi connectivity index (χ0) is 20.4. The van der Waals surface area contributed by atoms with Crippen molar-refractivity contribution >= 4 is 11.8 Å². The highest BCUT2D eigenvalue weighted by Gasteiger charge is 2.31. The summed E-state index contributed by atoms with van der Waals surface area (Å²) >= 11 is 0. The minimum absolute atomic E-state index is 0.0987. The first-order valence-electron chi connectivity index (χ1n) is 10.1. The molecule has 0 aliphatic carbocycles. The van der Waals surface area contributed by atoms with E-state index in [9.17, 15) is 9.59 Å². The summed E-state index contributed by atoms with van der Waals surface area (Å²) in [5.74, 6) is 0.609. The second-order valence-electron chi connectivity index (χ2n) is 7.15. The van der Waals surface area contributed by atoms with Crippen molar-refractivity contribution in [2.24, 2.45) is 0 Å². The van der Waals surface area contributed by atoms with E-state index in [1.807, 2.05) is 45.0 Å². The van der Waals surface area contributed by atoms with Gasteiger partial charge in [0.05, 0.1) is 25.2 Å². The Labute approximate surface area is 167 Å². The third-order valence-corrected chi connectivity index (χ3v) is 4.56. The molecule has 1 atom stereocenters. The van der Waals surface area contributed by atoms with Crippen LogP contribution < -0.4 is 15.4 Å². The lowest BCUT2D eigenvalue weighted by Gasteiger charge is -2.35. The van der Waals surface area contributed by atoms with Gasteiger partial charge >= 0.3 is 0 Å². The maximum absolute atomic E-state index is 12.4. The number of nitrogens with one attached hydrogen (secondary N) is 2. The van der Waals surface area contributed by atoms with E-state index in [4.69, 9.17) is 9.47 Å². The normalized spacial score (nSPS) is 17.4. The molecule has 0 spiro atoms. The lowest BCUT2D eigenvalue weighted by Crippen LogP contribution is -2.56. The van der Waals surface area contributed by atoms with E-state index in [2.05, 4.69) is 15.5 Å². The maximum atomic E-state index is 12.4. The average Bonchev–Trinajstić information content (AvgIpc) is 2.66. The lowest BCUT2D eigenvalue weighted by atomic mass is 10.1. The molecule has 2 amide bonds.